The summed E-state index contributed by atoms with van der Waals surface area (Å²) in [6.45, 7) is 5.79. The molecule has 4 heteroatoms. The Morgan fingerprint density at radius 3 is 2.36 bits per heavy atom. The third-order valence-electron chi connectivity index (χ3n) is 4.30. The summed E-state index contributed by atoms with van der Waals surface area (Å²) in [6, 6.07) is 18.5. The molecule has 130 valence electrons. The summed E-state index contributed by atoms with van der Waals surface area (Å²) in [4.78, 5) is 2.36. The second kappa shape index (κ2) is 8.38. The molecule has 0 aliphatic carbocycles. The van der Waals surface area contributed by atoms with Crippen LogP contribution in [0.1, 0.15) is 12.5 Å². The maximum Gasteiger partial charge on any atom is 0.142 e. The highest BCUT2D eigenvalue weighted by atomic mass is 16.5. The van der Waals surface area contributed by atoms with Crippen LogP contribution in [0.3, 0.4) is 0 Å². The molecule has 3 rings (SSSR count). The minimum atomic E-state index is 0.910. The average Bonchev–Trinajstić information content (AvgIpc) is 2.67. The molecule has 1 saturated heterocycles. The predicted octanol–water partition coefficient (Wildman–Crippen LogP) is 3.91. The van der Waals surface area contributed by atoms with Crippen molar-refractivity contribution in [3.8, 4) is 5.75 Å². The Hall–Kier alpha value is -2.75. The molecular formula is C21H25N3O. The van der Waals surface area contributed by atoms with Crippen molar-refractivity contribution < 1.29 is 4.74 Å². The highest BCUT2D eigenvalue weighted by Crippen LogP contribution is 2.28. The van der Waals surface area contributed by atoms with Crippen LogP contribution in [0.4, 0.5) is 5.69 Å². The van der Waals surface area contributed by atoms with E-state index in [4.69, 9.17) is 4.74 Å². The normalized spacial score (nSPS) is 15.7. The molecule has 0 bridgehead atoms. The van der Waals surface area contributed by atoms with E-state index in [2.05, 4.69) is 52.3 Å². The number of rotatable bonds is 5. The summed E-state index contributed by atoms with van der Waals surface area (Å²) in [6.07, 6.45) is 4.10. The first-order chi connectivity index (χ1) is 12.3. The first-order valence-corrected chi connectivity index (χ1v) is 8.66. The van der Waals surface area contributed by atoms with Crippen LogP contribution in [0.5, 0.6) is 5.75 Å². The zero-order valence-electron chi connectivity index (χ0n) is 14.9. The minimum absolute atomic E-state index is 0.910. The maximum absolute atomic E-state index is 5.47. The molecule has 2 aromatic rings. The lowest BCUT2D eigenvalue weighted by Crippen LogP contribution is -2.44. The van der Waals surface area contributed by atoms with Gasteiger partial charge in [0.15, 0.2) is 0 Å². The highest BCUT2D eigenvalue weighted by molar-refractivity contribution is 5.84. The van der Waals surface area contributed by atoms with E-state index in [-0.39, 0.29) is 0 Å². The SMILES string of the molecule is COc1ccccc1N1CCN(/N=C/C(C)=C/c2ccccc2)CC1. The van der Waals surface area contributed by atoms with E-state index in [0.717, 1.165) is 43.2 Å². The molecule has 0 amide bonds. The number of allylic oxidation sites excluding steroid dienone is 1. The first kappa shape index (κ1) is 17.1. The number of hydrazone groups is 1. The van der Waals surface area contributed by atoms with Gasteiger partial charge in [-0.15, -0.1) is 0 Å². The summed E-state index contributed by atoms with van der Waals surface area (Å²) in [5.74, 6) is 0.932. The van der Waals surface area contributed by atoms with Crippen LogP contribution < -0.4 is 9.64 Å². The molecule has 0 saturated carbocycles. The van der Waals surface area contributed by atoms with Gasteiger partial charge in [-0.25, -0.2) is 0 Å². The number of nitrogens with zero attached hydrogens (tertiary/aromatic N) is 3. The third-order valence-corrected chi connectivity index (χ3v) is 4.30. The molecule has 2 aromatic carbocycles. The van der Waals surface area contributed by atoms with E-state index in [1.165, 1.54) is 5.56 Å². The Kier molecular flexibility index (Phi) is 5.73. The van der Waals surface area contributed by atoms with E-state index in [0.29, 0.717) is 0 Å². The van der Waals surface area contributed by atoms with Crippen molar-refractivity contribution in [1.29, 1.82) is 0 Å². The van der Waals surface area contributed by atoms with Gasteiger partial charge < -0.3 is 9.64 Å². The molecule has 1 aliphatic heterocycles. The Bertz CT molecular complexity index is 732. The van der Waals surface area contributed by atoms with Crippen LogP contribution in [0, 0.1) is 0 Å². The fourth-order valence-corrected chi connectivity index (χ4v) is 2.97. The van der Waals surface area contributed by atoms with Crippen LogP contribution in [0.2, 0.25) is 0 Å². The maximum atomic E-state index is 5.47. The number of methoxy groups -OCH3 is 1. The zero-order valence-corrected chi connectivity index (χ0v) is 14.9. The highest BCUT2D eigenvalue weighted by Gasteiger charge is 2.18. The van der Waals surface area contributed by atoms with Crippen molar-refractivity contribution >= 4 is 18.0 Å². The minimum Gasteiger partial charge on any atom is -0.495 e. The Morgan fingerprint density at radius 1 is 0.960 bits per heavy atom. The van der Waals surface area contributed by atoms with Crippen LogP contribution >= 0.6 is 0 Å². The van der Waals surface area contributed by atoms with Gasteiger partial charge in [0.2, 0.25) is 0 Å². The molecular weight excluding hydrogens is 310 g/mol. The number of ether oxygens (including phenoxy) is 1. The molecule has 0 N–H and O–H groups in total. The second-order valence-electron chi connectivity index (χ2n) is 6.16. The van der Waals surface area contributed by atoms with Gasteiger partial charge in [0.1, 0.15) is 5.75 Å². The third kappa shape index (κ3) is 4.63. The fraction of sp³-hybridized carbons (Fsp3) is 0.286. The molecule has 0 spiro atoms. The van der Waals surface area contributed by atoms with Crippen molar-refractivity contribution in [2.75, 3.05) is 38.2 Å². The molecule has 1 heterocycles. The van der Waals surface area contributed by atoms with E-state index in [1.807, 2.05) is 36.5 Å². The van der Waals surface area contributed by atoms with Gasteiger partial charge in [-0.3, -0.25) is 5.01 Å². The molecule has 0 unspecified atom stereocenters. The molecule has 0 aromatic heterocycles. The lowest BCUT2D eigenvalue weighted by Gasteiger charge is -2.35. The molecule has 1 aliphatic rings. The average molecular weight is 335 g/mol. The van der Waals surface area contributed by atoms with Crippen LogP contribution in [0.15, 0.2) is 65.3 Å². The van der Waals surface area contributed by atoms with E-state index < -0.39 is 0 Å². The Morgan fingerprint density at radius 2 is 1.64 bits per heavy atom. The van der Waals surface area contributed by atoms with Gasteiger partial charge in [-0.1, -0.05) is 48.5 Å². The number of hydrogen-bond donors (Lipinski definition) is 0. The summed E-state index contributed by atoms with van der Waals surface area (Å²) in [5, 5.41) is 6.77. The number of piperazine rings is 1. The van der Waals surface area contributed by atoms with E-state index >= 15 is 0 Å². The second-order valence-corrected chi connectivity index (χ2v) is 6.16. The van der Waals surface area contributed by atoms with Crippen molar-refractivity contribution in [2.45, 2.75) is 6.92 Å². The van der Waals surface area contributed by atoms with Crippen LogP contribution in [0.25, 0.3) is 6.08 Å². The van der Waals surface area contributed by atoms with Gasteiger partial charge in [0, 0.05) is 19.3 Å². The topological polar surface area (TPSA) is 28.1 Å². The Labute approximate surface area is 150 Å². The quantitative estimate of drug-likeness (QED) is 0.776. The molecule has 1 fully saturated rings. The van der Waals surface area contributed by atoms with Gasteiger partial charge in [-0.2, -0.15) is 5.10 Å². The van der Waals surface area contributed by atoms with Crippen molar-refractivity contribution in [1.82, 2.24) is 5.01 Å². The van der Waals surface area contributed by atoms with Crippen molar-refractivity contribution in [3.05, 3.63) is 65.7 Å². The standard InChI is InChI=1S/C21H25N3O/c1-18(16-19-8-4-3-5-9-19)17-22-24-14-12-23(13-15-24)20-10-6-7-11-21(20)25-2/h3-11,16-17H,12-15H2,1-2H3/b18-16+,22-17+. The monoisotopic (exact) mass is 335 g/mol. The zero-order chi connectivity index (χ0) is 17.5. The lowest BCUT2D eigenvalue weighted by atomic mass is 10.1. The van der Waals surface area contributed by atoms with Crippen LogP contribution in [-0.2, 0) is 0 Å². The van der Waals surface area contributed by atoms with Crippen molar-refractivity contribution in [2.24, 2.45) is 5.10 Å². The molecule has 25 heavy (non-hydrogen) atoms. The van der Waals surface area contributed by atoms with Gasteiger partial charge in [0.05, 0.1) is 25.9 Å². The molecule has 4 nitrogen and oxygen atoms in total. The fourth-order valence-electron chi connectivity index (χ4n) is 2.97. The number of anilines is 1. The summed E-state index contributed by atoms with van der Waals surface area (Å²) >= 11 is 0. The summed E-state index contributed by atoms with van der Waals surface area (Å²) in [5.41, 5.74) is 3.51. The summed E-state index contributed by atoms with van der Waals surface area (Å²) < 4.78 is 5.47. The number of hydrogen-bond acceptors (Lipinski definition) is 4. The molecule has 0 atom stereocenters. The molecule has 0 radical (unpaired) electrons. The largest absolute Gasteiger partial charge is 0.495 e. The predicted molar refractivity (Wildman–Crippen MR) is 105 cm³/mol. The smallest absolute Gasteiger partial charge is 0.142 e. The van der Waals surface area contributed by atoms with Gasteiger partial charge in [0.25, 0.3) is 0 Å². The number of para-hydroxylation sites is 2. The first-order valence-electron chi connectivity index (χ1n) is 8.66. The lowest BCUT2D eigenvalue weighted by molar-refractivity contribution is 0.271. The van der Waals surface area contributed by atoms with E-state index in [9.17, 15) is 0 Å². The van der Waals surface area contributed by atoms with E-state index in [1.54, 1.807) is 7.11 Å². The van der Waals surface area contributed by atoms with Crippen LogP contribution in [-0.4, -0.2) is 44.5 Å². The Balaban J connectivity index is 1.56. The van der Waals surface area contributed by atoms with Gasteiger partial charge in [-0.05, 0) is 30.2 Å². The van der Waals surface area contributed by atoms with Crippen molar-refractivity contribution in [3.63, 3.8) is 0 Å². The number of benzene rings is 2. The summed E-state index contributed by atoms with van der Waals surface area (Å²) in [7, 11) is 1.72. The van der Waals surface area contributed by atoms with Gasteiger partial charge >= 0.3 is 0 Å².